The Morgan fingerprint density at radius 2 is 2.18 bits per heavy atom. The number of nitrogens with two attached hydrogens (primary N) is 1. The van der Waals surface area contributed by atoms with Crippen LogP contribution in [0.15, 0.2) is 0 Å². The van der Waals surface area contributed by atoms with Crippen molar-refractivity contribution in [2.24, 2.45) is 17.6 Å². The normalized spacial score (nSPS) is 29.3. The van der Waals surface area contributed by atoms with Gasteiger partial charge in [0.15, 0.2) is 0 Å². The number of aliphatic hydroxyl groups excluding tert-OH is 1. The lowest BCUT2D eigenvalue weighted by Gasteiger charge is -2.34. The lowest BCUT2D eigenvalue weighted by Crippen LogP contribution is -2.54. The molecule has 17 heavy (non-hydrogen) atoms. The Morgan fingerprint density at radius 1 is 1.41 bits per heavy atom. The smallest absolute Gasteiger partial charge is 0.0626 e. The van der Waals surface area contributed by atoms with E-state index >= 15 is 0 Å². The fourth-order valence-corrected chi connectivity index (χ4v) is 2.93. The van der Waals surface area contributed by atoms with Gasteiger partial charge in [0.2, 0.25) is 0 Å². The van der Waals surface area contributed by atoms with Gasteiger partial charge in [0.05, 0.1) is 18.8 Å². The van der Waals surface area contributed by atoms with Crippen LogP contribution in [0.4, 0.5) is 0 Å². The number of hydrogen-bond acceptors (Lipinski definition) is 4. The molecule has 0 aromatic rings. The van der Waals surface area contributed by atoms with Crippen LogP contribution in [0.1, 0.15) is 25.7 Å². The van der Waals surface area contributed by atoms with Gasteiger partial charge in [-0.1, -0.05) is 0 Å². The summed E-state index contributed by atoms with van der Waals surface area (Å²) in [5, 5.41) is 9.47. The minimum atomic E-state index is -0.385. The van der Waals surface area contributed by atoms with Gasteiger partial charge in [0.25, 0.3) is 0 Å². The summed E-state index contributed by atoms with van der Waals surface area (Å²) in [6.45, 7) is 3.73. The average molecular weight is 242 g/mol. The molecule has 3 N–H and O–H groups in total. The van der Waals surface area contributed by atoms with Crippen LogP contribution in [0.25, 0.3) is 0 Å². The third kappa shape index (κ3) is 3.65. The van der Waals surface area contributed by atoms with Crippen molar-refractivity contribution in [3.05, 3.63) is 0 Å². The fourth-order valence-electron chi connectivity index (χ4n) is 2.93. The molecule has 2 atom stereocenters. The lowest BCUT2D eigenvalue weighted by molar-refractivity contribution is 0.0355. The Balaban J connectivity index is 1.76. The zero-order chi connectivity index (χ0) is 12.3. The van der Waals surface area contributed by atoms with Gasteiger partial charge in [-0.05, 0) is 44.6 Å². The summed E-state index contributed by atoms with van der Waals surface area (Å²) >= 11 is 0. The van der Waals surface area contributed by atoms with E-state index < -0.39 is 0 Å². The Kier molecular flexibility index (Phi) is 4.42. The second-order valence-electron chi connectivity index (χ2n) is 5.95. The predicted octanol–water partition coefficient (Wildman–Crippen LogP) is 0.445. The highest BCUT2D eigenvalue weighted by atomic mass is 16.5. The molecule has 100 valence electrons. The van der Waals surface area contributed by atoms with Crippen molar-refractivity contribution in [1.29, 1.82) is 0 Å². The first-order chi connectivity index (χ1) is 8.14. The summed E-state index contributed by atoms with van der Waals surface area (Å²) in [4.78, 5) is 2.27. The van der Waals surface area contributed by atoms with Crippen LogP contribution < -0.4 is 5.73 Å². The van der Waals surface area contributed by atoms with Gasteiger partial charge in [0.1, 0.15) is 0 Å². The molecule has 1 saturated carbocycles. The summed E-state index contributed by atoms with van der Waals surface area (Å²) in [6, 6.07) is 0. The SMILES string of the molecule is CN(CC1CCCOC1)CC(N)(CO)C1CC1. The van der Waals surface area contributed by atoms with Crippen molar-refractivity contribution in [3.63, 3.8) is 0 Å². The quantitative estimate of drug-likeness (QED) is 0.710. The highest BCUT2D eigenvalue weighted by Gasteiger charge is 2.42. The minimum absolute atomic E-state index is 0.100. The second-order valence-corrected chi connectivity index (χ2v) is 5.95. The maximum absolute atomic E-state index is 9.47. The van der Waals surface area contributed by atoms with Crippen molar-refractivity contribution in [2.45, 2.75) is 31.2 Å². The average Bonchev–Trinajstić information content (AvgIpc) is 3.14. The second kappa shape index (κ2) is 5.65. The Bertz CT molecular complexity index is 240. The van der Waals surface area contributed by atoms with Gasteiger partial charge >= 0.3 is 0 Å². The Morgan fingerprint density at radius 3 is 2.71 bits per heavy atom. The molecular formula is C13H26N2O2. The van der Waals surface area contributed by atoms with Crippen LogP contribution in [0.5, 0.6) is 0 Å². The molecule has 1 heterocycles. The van der Waals surface area contributed by atoms with E-state index in [-0.39, 0.29) is 12.1 Å². The molecule has 1 saturated heterocycles. The Hall–Kier alpha value is -0.160. The molecule has 4 nitrogen and oxygen atoms in total. The van der Waals surface area contributed by atoms with E-state index in [1.165, 1.54) is 25.7 Å². The van der Waals surface area contributed by atoms with Gasteiger partial charge in [-0.3, -0.25) is 0 Å². The van der Waals surface area contributed by atoms with Gasteiger partial charge in [0, 0.05) is 19.7 Å². The molecule has 1 aliphatic heterocycles. The molecule has 4 heteroatoms. The van der Waals surface area contributed by atoms with Gasteiger partial charge in [-0.15, -0.1) is 0 Å². The molecule has 2 rings (SSSR count). The molecule has 0 aromatic heterocycles. The third-order valence-electron chi connectivity index (χ3n) is 4.07. The van der Waals surface area contributed by atoms with Crippen LogP contribution in [0.2, 0.25) is 0 Å². The largest absolute Gasteiger partial charge is 0.394 e. The molecular weight excluding hydrogens is 216 g/mol. The summed E-state index contributed by atoms with van der Waals surface area (Å²) < 4.78 is 5.49. The molecule has 2 aliphatic rings. The zero-order valence-corrected chi connectivity index (χ0v) is 10.9. The number of hydrogen-bond donors (Lipinski definition) is 2. The summed E-state index contributed by atoms with van der Waals surface area (Å²) in [5.41, 5.74) is 5.90. The number of nitrogens with zero attached hydrogens (tertiary/aromatic N) is 1. The first-order valence-corrected chi connectivity index (χ1v) is 6.80. The van der Waals surface area contributed by atoms with Crippen LogP contribution in [-0.4, -0.2) is 55.5 Å². The molecule has 2 unspecified atom stereocenters. The van der Waals surface area contributed by atoms with Crippen molar-refractivity contribution in [2.75, 3.05) is 40.0 Å². The maximum atomic E-state index is 9.47. The minimum Gasteiger partial charge on any atom is -0.394 e. The van der Waals surface area contributed by atoms with E-state index in [0.29, 0.717) is 11.8 Å². The molecule has 0 spiro atoms. The van der Waals surface area contributed by atoms with Crippen LogP contribution in [-0.2, 0) is 4.74 Å². The molecule has 2 fully saturated rings. The third-order valence-corrected chi connectivity index (χ3v) is 4.07. The molecule has 0 aromatic carbocycles. The number of ether oxygens (including phenoxy) is 1. The topological polar surface area (TPSA) is 58.7 Å². The lowest BCUT2D eigenvalue weighted by atomic mass is 9.94. The van der Waals surface area contributed by atoms with Crippen LogP contribution in [0.3, 0.4) is 0 Å². The van der Waals surface area contributed by atoms with E-state index in [9.17, 15) is 5.11 Å². The number of aliphatic hydroxyl groups is 1. The number of rotatable bonds is 6. The zero-order valence-electron chi connectivity index (χ0n) is 10.9. The van der Waals surface area contributed by atoms with Gasteiger partial charge < -0.3 is 20.5 Å². The first-order valence-electron chi connectivity index (χ1n) is 6.80. The van der Waals surface area contributed by atoms with Crippen molar-refractivity contribution >= 4 is 0 Å². The standard InChI is InChI=1S/C13H26N2O2/c1-15(7-11-3-2-6-17-8-11)9-13(14,10-16)12-4-5-12/h11-12,16H,2-10,14H2,1H3. The molecule has 0 bridgehead atoms. The summed E-state index contributed by atoms with van der Waals surface area (Å²) in [5.74, 6) is 1.16. The van der Waals surface area contributed by atoms with Gasteiger partial charge in [-0.2, -0.15) is 0 Å². The van der Waals surface area contributed by atoms with Crippen molar-refractivity contribution < 1.29 is 9.84 Å². The van der Waals surface area contributed by atoms with Crippen LogP contribution >= 0.6 is 0 Å². The van der Waals surface area contributed by atoms with E-state index in [0.717, 1.165) is 26.3 Å². The van der Waals surface area contributed by atoms with Crippen molar-refractivity contribution in [1.82, 2.24) is 4.90 Å². The van der Waals surface area contributed by atoms with E-state index in [1.54, 1.807) is 0 Å². The summed E-state index contributed by atoms with van der Waals surface area (Å²) in [7, 11) is 2.11. The molecule has 0 radical (unpaired) electrons. The summed E-state index contributed by atoms with van der Waals surface area (Å²) in [6.07, 6.45) is 4.79. The molecule has 0 amide bonds. The molecule has 1 aliphatic carbocycles. The Labute approximate surface area is 104 Å². The fraction of sp³-hybridized carbons (Fsp3) is 1.00. The first kappa shape index (κ1) is 13.3. The highest BCUT2D eigenvalue weighted by Crippen LogP contribution is 2.38. The van der Waals surface area contributed by atoms with E-state index in [2.05, 4.69) is 11.9 Å². The van der Waals surface area contributed by atoms with E-state index in [4.69, 9.17) is 10.5 Å². The number of likely N-dealkylation sites (N-methyl/N-ethyl adjacent to an activating group) is 1. The predicted molar refractivity (Wildman–Crippen MR) is 67.8 cm³/mol. The monoisotopic (exact) mass is 242 g/mol. The highest BCUT2D eigenvalue weighted by molar-refractivity contribution is 5.00. The van der Waals surface area contributed by atoms with Crippen molar-refractivity contribution in [3.8, 4) is 0 Å². The van der Waals surface area contributed by atoms with Gasteiger partial charge in [-0.25, -0.2) is 0 Å². The van der Waals surface area contributed by atoms with Crippen LogP contribution in [0, 0.1) is 11.8 Å². The maximum Gasteiger partial charge on any atom is 0.0626 e. The van der Waals surface area contributed by atoms with E-state index in [1.807, 2.05) is 0 Å².